The minimum Gasteiger partial charge on any atom is -0.437 e. The van der Waals surface area contributed by atoms with Crippen LogP contribution in [-0.2, 0) is 28.2 Å². The fraction of sp³-hybridized carbons (Fsp3) is 0.154. The van der Waals surface area contributed by atoms with Crippen molar-refractivity contribution in [2.45, 2.75) is 82.9 Å². The molecule has 0 amide bonds. The van der Waals surface area contributed by atoms with Crippen molar-refractivity contribution in [1.29, 1.82) is 0 Å². The topological polar surface area (TPSA) is 120 Å². The lowest BCUT2D eigenvalue weighted by molar-refractivity contribution is -0.660. The van der Waals surface area contributed by atoms with E-state index in [1.54, 1.807) is 12.3 Å². The largest absolute Gasteiger partial charge is 0.437 e. The average molecular weight is 1520 g/mol. The molecular weight excluding hydrogens is 1430 g/mol. The van der Waals surface area contributed by atoms with Gasteiger partial charge in [0.1, 0.15) is 28.2 Å². The van der Waals surface area contributed by atoms with Crippen LogP contribution in [0.1, 0.15) is 75.5 Å². The summed E-state index contributed by atoms with van der Waals surface area (Å²) in [6.45, 7) is 15.9. The van der Waals surface area contributed by atoms with E-state index in [0.717, 1.165) is 150 Å². The van der Waals surface area contributed by atoms with E-state index in [1.165, 1.54) is 44.5 Å². The Bertz CT molecular complexity index is 7520. The van der Waals surface area contributed by atoms with Gasteiger partial charge in [0.2, 0.25) is 45.6 Å². The Hall–Kier alpha value is -13.8. The molecule has 0 aliphatic rings. The number of nitrogens with zero attached hydrogens (tertiary/aromatic N) is 8. The van der Waals surface area contributed by atoms with Crippen LogP contribution in [0.15, 0.2) is 285 Å². The van der Waals surface area contributed by atoms with E-state index in [-0.39, 0.29) is 0 Å². The van der Waals surface area contributed by atoms with Gasteiger partial charge in [-0.2, -0.15) is 0 Å². The van der Waals surface area contributed by atoms with Gasteiger partial charge in [-0.25, -0.2) is 38.2 Å². The van der Waals surface area contributed by atoms with E-state index in [1.807, 2.05) is 162 Å². The summed E-state index contributed by atoms with van der Waals surface area (Å²) in [6.07, 6.45) is 8.05. The van der Waals surface area contributed by atoms with Crippen molar-refractivity contribution >= 4 is 88.3 Å². The van der Waals surface area contributed by atoms with Gasteiger partial charge in [-0.15, -0.1) is 0 Å². The van der Waals surface area contributed by atoms with Gasteiger partial charge >= 0.3 is 0 Å². The molecule has 0 spiro atoms. The molecule has 0 radical (unpaired) electrons. The molecule has 0 N–H and O–H groups in total. The number of hydrogen-bond donors (Lipinski definition) is 0. The number of aryl methyl sites for hydroxylation is 16. The summed E-state index contributed by atoms with van der Waals surface area (Å²) in [5.41, 5.74) is 33.4. The van der Waals surface area contributed by atoms with Crippen LogP contribution in [0.2, 0.25) is 0 Å². The third kappa shape index (κ3) is 13.9. The molecule has 12 heterocycles. The van der Waals surface area contributed by atoms with Crippen LogP contribution in [0, 0.1) is 82.9 Å². The molecule has 0 saturated heterocycles. The van der Waals surface area contributed by atoms with E-state index in [4.69, 9.17) is 25.9 Å². The summed E-state index contributed by atoms with van der Waals surface area (Å²) in [7, 11) is 8.04. The van der Waals surface area contributed by atoms with Gasteiger partial charge < -0.3 is 17.7 Å². The maximum Gasteiger partial charge on any atom is 0.227 e. The molecule has 0 aliphatic carbocycles. The molecule has 0 bridgehead atoms. The Morgan fingerprint density at radius 3 is 0.974 bits per heavy atom. The second-order valence-electron chi connectivity index (χ2n) is 30.6. The summed E-state index contributed by atoms with van der Waals surface area (Å²) in [5, 5.41) is 7.69. The molecule has 20 rings (SSSR count). The molecule has 0 fully saturated rings. The number of rotatable bonds is 8. The summed E-state index contributed by atoms with van der Waals surface area (Å²) >= 11 is 0. The third-order valence-corrected chi connectivity index (χ3v) is 22.3. The fourth-order valence-corrected chi connectivity index (χ4v) is 16.4. The first kappa shape index (κ1) is 67.8. The minimum absolute atomic E-state index is 0.292. The molecule has 0 unspecified atom stereocenters. The maximum absolute atomic E-state index is 8.14. The summed E-state index contributed by atoms with van der Waals surface area (Å²) in [4.78, 5) is 18.3. The summed E-state index contributed by atoms with van der Waals surface area (Å²) < 4.78 is 82.1. The lowest BCUT2D eigenvalue weighted by Gasteiger charge is -2.11. The van der Waals surface area contributed by atoms with Gasteiger partial charge in [-0.1, -0.05) is 158 Å². The van der Waals surface area contributed by atoms with Crippen LogP contribution >= 0.6 is 0 Å². The van der Waals surface area contributed by atoms with Crippen molar-refractivity contribution in [3.8, 4) is 89.5 Å². The second-order valence-corrected chi connectivity index (χ2v) is 30.6. The number of aromatic nitrogens is 8. The van der Waals surface area contributed by atoms with Gasteiger partial charge in [-0.05, 0) is 209 Å². The van der Waals surface area contributed by atoms with Crippen LogP contribution < -0.4 is 18.3 Å². The molecule has 0 saturated carbocycles. The zero-order chi connectivity index (χ0) is 85.5. The molecular formula is C104H92N8O4+4. The Kier molecular flexibility index (Phi) is 17.9. The Labute approximate surface area is 684 Å². The predicted octanol–water partition coefficient (Wildman–Crippen LogP) is 24.3. The highest BCUT2D eigenvalue weighted by atomic mass is 16.4. The minimum atomic E-state index is -2.27. The molecule has 12 nitrogen and oxygen atoms in total. The van der Waals surface area contributed by atoms with E-state index in [2.05, 4.69) is 229 Å². The van der Waals surface area contributed by atoms with Gasteiger partial charge in [0, 0.05) is 122 Å². The molecule has 8 aromatic carbocycles. The quantitative estimate of drug-likeness (QED) is 0.138. The zero-order valence-corrected chi connectivity index (χ0v) is 67.6. The molecule has 0 atom stereocenters. The first-order valence-corrected chi connectivity index (χ1v) is 39.0. The van der Waals surface area contributed by atoms with Gasteiger partial charge in [0.05, 0.1) is 22.3 Å². The summed E-state index contributed by atoms with van der Waals surface area (Å²) in [6, 6.07) is 82.3. The van der Waals surface area contributed by atoms with Crippen LogP contribution in [0.25, 0.3) is 178 Å². The van der Waals surface area contributed by atoms with Gasteiger partial charge in [0.25, 0.3) is 0 Å². The van der Waals surface area contributed by atoms with E-state index < -0.39 is 13.7 Å². The fourth-order valence-electron chi connectivity index (χ4n) is 16.4. The maximum atomic E-state index is 8.14. The number of fused-ring (bicyclic) bond motifs is 12. The molecule has 0 aliphatic heterocycles. The number of pyridine rings is 8. The molecule has 568 valence electrons. The van der Waals surface area contributed by atoms with Crippen molar-refractivity contribution in [3.05, 3.63) is 335 Å². The van der Waals surface area contributed by atoms with Crippen molar-refractivity contribution in [3.63, 3.8) is 0 Å². The van der Waals surface area contributed by atoms with Crippen molar-refractivity contribution in [2.24, 2.45) is 28.2 Å². The molecule has 116 heavy (non-hydrogen) atoms. The van der Waals surface area contributed by atoms with Crippen LogP contribution in [0.3, 0.4) is 0 Å². The second kappa shape index (κ2) is 30.6. The third-order valence-electron chi connectivity index (χ3n) is 22.3. The first-order valence-electron chi connectivity index (χ1n) is 42.0. The van der Waals surface area contributed by atoms with Crippen LogP contribution in [0.4, 0.5) is 0 Å². The number of benzene rings is 8. The normalized spacial score (nSPS) is 12.4. The van der Waals surface area contributed by atoms with Gasteiger partial charge in [-0.3, -0.25) is 0 Å². The van der Waals surface area contributed by atoms with E-state index in [9.17, 15) is 0 Å². The standard InChI is InChI=1S/C27H25N2O.2C26H23N2O.C25H21N2O/c1-16-13-17(2)25(26-24(16)21-12-11-19(4)28-27(21)30-26)23-14-22(18(3)15-29(23)5)20-9-7-6-8-10-20;1-16-10-12-20-21-13-11-18(3)27-26(21)29-25(20)24(16)23-14-22(17(2)15-28(23)4)19-8-6-5-7-9-19;1-16-14-17(2)24(25-23(16)21-11-10-18(3)27-26(21)29-25)22-15-20(12-13-28(22)4)19-8-6-5-7-9-19;1-16-9-11-20-21-12-10-17(2)26-25(21)28-24(20)23(16)22-15-19(13-14-27(22)3)18-7-5-4-6-8-18/h6-15H,1-5H3;2*5-15H,1-4H3;4-15H,1-3H3/q4*+1/i;2D3;1D3;. The Balaban J connectivity index is 0.000000116. The van der Waals surface area contributed by atoms with E-state index >= 15 is 0 Å². The Morgan fingerprint density at radius 1 is 0.250 bits per heavy atom. The first-order chi connectivity index (χ1) is 58.5. The SMILES string of the molecule is Cc1ccc2c(n1)oc1c(-c3cc(-c4ccccc4)c(C)c[n+]3C)c(C)cc(C)c12.Cc1ccc2c(n1)oc1c(-c3cc(-c4ccccc4)cc[n+]3C)c(C)ccc12.[2H]C([2H])([2H])c1c[n+](C)c(-c2c(C)ccc3c2oc2nc(C)ccc23)cc1-c1ccccc1.[2H]C([2H])([2H])c1cc(C)c(-c2cc(-c3ccccc3)cc[n+]2C)c2oc3nc(C)ccc3c12. The lowest BCUT2D eigenvalue weighted by Crippen LogP contribution is -2.31. The van der Waals surface area contributed by atoms with Crippen molar-refractivity contribution in [2.75, 3.05) is 0 Å². The highest BCUT2D eigenvalue weighted by Crippen LogP contribution is 2.44. The molecule has 12 aromatic heterocycles. The van der Waals surface area contributed by atoms with Gasteiger partial charge in [0.15, 0.2) is 47.1 Å². The van der Waals surface area contributed by atoms with Crippen molar-refractivity contribution in [1.82, 2.24) is 19.9 Å². The Morgan fingerprint density at radius 2 is 0.569 bits per heavy atom. The highest BCUT2D eigenvalue weighted by Gasteiger charge is 2.29. The predicted molar refractivity (Wildman–Crippen MR) is 471 cm³/mol. The molecule has 20 aromatic rings. The van der Waals surface area contributed by atoms with Crippen LogP contribution in [-0.4, -0.2) is 19.9 Å². The zero-order valence-electron chi connectivity index (χ0n) is 73.6. The average Bonchev–Trinajstić information content (AvgIpc) is 1.57. The summed E-state index contributed by atoms with van der Waals surface area (Å²) in [5.74, 6) is 0. The van der Waals surface area contributed by atoms with Crippen molar-refractivity contribution < 1.29 is 44.2 Å². The van der Waals surface area contributed by atoms with E-state index in [0.29, 0.717) is 50.5 Å². The monoisotopic (exact) mass is 1520 g/mol. The highest BCUT2D eigenvalue weighted by molar-refractivity contribution is 6.13. The smallest absolute Gasteiger partial charge is 0.227 e. The number of furan rings is 4. The lowest BCUT2D eigenvalue weighted by atomic mass is 9.94. The number of hydrogen-bond acceptors (Lipinski definition) is 8. The van der Waals surface area contributed by atoms with Crippen LogP contribution in [0.5, 0.6) is 0 Å². The molecule has 12 heteroatoms.